The predicted octanol–water partition coefficient (Wildman–Crippen LogP) is 3.07. The number of hydrogen-bond acceptors (Lipinski definition) is 3. The van der Waals surface area contributed by atoms with Gasteiger partial charge in [-0.3, -0.25) is 4.90 Å². The van der Waals surface area contributed by atoms with Crippen molar-refractivity contribution in [2.24, 2.45) is 0 Å². The van der Waals surface area contributed by atoms with Crippen LogP contribution in [0.3, 0.4) is 0 Å². The highest BCUT2D eigenvalue weighted by atomic mass is 79.9. The Labute approximate surface area is 135 Å². The minimum atomic E-state index is -4.20. The maximum atomic E-state index is 12.1. The van der Waals surface area contributed by atoms with Gasteiger partial charge in [0.25, 0.3) is 0 Å². The Morgan fingerprint density at radius 1 is 1.36 bits per heavy atom. The molecule has 1 heterocycles. The van der Waals surface area contributed by atoms with Crippen LogP contribution >= 0.6 is 15.9 Å². The lowest BCUT2D eigenvalue weighted by atomic mass is 10.4. The summed E-state index contributed by atoms with van der Waals surface area (Å²) in [5, 5.41) is 2.65. The standard InChI is InChI=1S/C13H19BrF3N3O2/c1-19(9-13(15,16)17)7-3-6-18-12(21)20(2)8-10-4-5-11(14)22-10/h4-5H,3,6-9H2,1-2H3,(H,18,21). The van der Waals surface area contributed by atoms with Gasteiger partial charge in [0.1, 0.15) is 5.76 Å². The van der Waals surface area contributed by atoms with Crippen LogP contribution in [-0.2, 0) is 6.54 Å². The van der Waals surface area contributed by atoms with Crippen LogP contribution in [0.4, 0.5) is 18.0 Å². The molecule has 1 rings (SSSR count). The van der Waals surface area contributed by atoms with E-state index in [1.165, 1.54) is 16.8 Å². The van der Waals surface area contributed by atoms with E-state index in [1.54, 1.807) is 19.2 Å². The molecule has 0 spiro atoms. The summed E-state index contributed by atoms with van der Waals surface area (Å²) in [6, 6.07) is 3.18. The number of hydrogen-bond donors (Lipinski definition) is 1. The van der Waals surface area contributed by atoms with Gasteiger partial charge in [0, 0.05) is 13.6 Å². The number of alkyl halides is 3. The lowest BCUT2D eigenvalue weighted by Gasteiger charge is -2.19. The van der Waals surface area contributed by atoms with Gasteiger partial charge in [0.2, 0.25) is 0 Å². The summed E-state index contributed by atoms with van der Waals surface area (Å²) < 4.78 is 42.3. The summed E-state index contributed by atoms with van der Waals surface area (Å²) in [7, 11) is 3.01. The number of amides is 2. The number of nitrogens with one attached hydrogen (secondary N) is 1. The summed E-state index contributed by atoms with van der Waals surface area (Å²) in [6.07, 6.45) is -3.76. The fourth-order valence-corrected chi connectivity index (χ4v) is 2.15. The summed E-state index contributed by atoms with van der Waals surface area (Å²) in [5.41, 5.74) is 0. The van der Waals surface area contributed by atoms with Gasteiger partial charge in [-0.05, 0) is 48.1 Å². The third-order valence-electron chi connectivity index (χ3n) is 2.81. The topological polar surface area (TPSA) is 48.7 Å². The maximum Gasteiger partial charge on any atom is 0.401 e. The van der Waals surface area contributed by atoms with Crippen LogP contribution in [0.5, 0.6) is 0 Å². The van der Waals surface area contributed by atoms with Crippen molar-refractivity contribution < 1.29 is 22.4 Å². The van der Waals surface area contributed by atoms with Crippen LogP contribution in [0, 0.1) is 0 Å². The second kappa shape index (κ2) is 8.42. The Morgan fingerprint density at radius 3 is 2.59 bits per heavy atom. The number of furan rings is 1. The van der Waals surface area contributed by atoms with Gasteiger partial charge < -0.3 is 14.6 Å². The van der Waals surface area contributed by atoms with Gasteiger partial charge >= 0.3 is 12.2 Å². The molecule has 0 fully saturated rings. The Balaban J connectivity index is 2.20. The number of carbonyl (C=O) groups is 1. The normalized spacial score (nSPS) is 11.8. The summed E-state index contributed by atoms with van der Waals surface area (Å²) in [6.45, 7) is -0.0680. The molecule has 0 radical (unpaired) electrons. The van der Waals surface area contributed by atoms with Gasteiger partial charge in [-0.15, -0.1) is 0 Å². The van der Waals surface area contributed by atoms with Gasteiger partial charge in [0.05, 0.1) is 13.1 Å². The smallest absolute Gasteiger partial charge is 0.401 e. The van der Waals surface area contributed by atoms with Crippen molar-refractivity contribution in [2.45, 2.75) is 19.1 Å². The Morgan fingerprint density at radius 2 is 2.05 bits per heavy atom. The monoisotopic (exact) mass is 385 g/mol. The molecule has 0 saturated carbocycles. The molecule has 0 aliphatic carbocycles. The van der Waals surface area contributed by atoms with Crippen molar-refractivity contribution in [2.75, 3.05) is 33.7 Å². The molecule has 9 heteroatoms. The molecular weight excluding hydrogens is 367 g/mol. The number of urea groups is 1. The SMILES string of the molecule is CN(CCCNC(=O)N(C)Cc1ccc(Br)o1)CC(F)(F)F. The van der Waals surface area contributed by atoms with Crippen LogP contribution in [0.2, 0.25) is 0 Å². The summed E-state index contributed by atoms with van der Waals surface area (Å²) >= 11 is 3.17. The van der Waals surface area contributed by atoms with Crippen molar-refractivity contribution in [1.82, 2.24) is 15.1 Å². The van der Waals surface area contributed by atoms with Crippen molar-refractivity contribution in [1.29, 1.82) is 0 Å². The summed E-state index contributed by atoms with van der Waals surface area (Å²) in [4.78, 5) is 14.4. The van der Waals surface area contributed by atoms with E-state index in [0.29, 0.717) is 29.9 Å². The van der Waals surface area contributed by atoms with Gasteiger partial charge in [-0.2, -0.15) is 13.2 Å². The third kappa shape index (κ3) is 7.69. The average molecular weight is 386 g/mol. The van der Waals surface area contributed by atoms with E-state index in [9.17, 15) is 18.0 Å². The molecular formula is C13H19BrF3N3O2. The molecule has 126 valence electrons. The van der Waals surface area contributed by atoms with E-state index >= 15 is 0 Å². The number of rotatable bonds is 7. The zero-order chi connectivity index (χ0) is 16.8. The van der Waals surface area contributed by atoms with Crippen molar-refractivity contribution >= 4 is 22.0 Å². The van der Waals surface area contributed by atoms with E-state index in [-0.39, 0.29) is 12.6 Å². The highest BCUT2D eigenvalue weighted by Crippen LogP contribution is 2.16. The van der Waals surface area contributed by atoms with Gasteiger partial charge in [0.15, 0.2) is 4.67 Å². The predicted molar refractivity (Wildman–Crippen MR) is 79.4 cm³/mol. The molecule has 0 atom stereocenters. The Hall–Kier alpha value is -1.22. The van der Waals surface area contributed by atoms with Crippen LogP contribution < -0.4 is 5.32 Å². The second-order valence-corrected chi connectivity index (χ2v) is 5.78. The van der Waals surface area contributed by atoms with E-state index in [4.69, 9.17) is 4.42 Å². The minimum Gasteiger partial charge on any atom is -0.452 e. The largest absolute Gasteiger partial charge is 0.452 e. The highest BCUT2D eigenvalue weighted by Gasteiger charge is 2.28. The number of carbonyl (C=O) groups excluding carboxylic acids is 1. The molecule has 22 heavy (non-hydrogen) atoms. The van der Waals surface area contributed by atoms with E-state index < -0.39 is 12.7 Å². The molecule has 1 N–H and O–H groups in total. The number of halogens is 4. The molecule has 0 aromatic carbocycles. The molecule has 1 aromatic rings. The molecule has 0 unspecified atom stereocenters. The minimum absolute atomic E-state index is 0.259. The Bertz CT molecular complexity index is 479. The van der Waals surface area contributed by atoms with Gasteiger partial charge in [-0.1, -0.05) is 0 Å². The molecule has 5 nitrogen and oxygen atoms in total. The molecule has 0 bridgehead atoms. The molecule has 0 saturated heterocycles. The first-order valence-corrected chi connectivity index (χ1v) is 7.45. The van der Waals surface area contributed by atoms with E-state index in [2.05, 4.69) is 21.2 Å². The second-order valence-electron chi connectivity index (χ2n) is 5.00. The van der Waals surface area contributed by atoms with Crippen molar-refractivity contribution in [3.05, 3.63) is 22.6 Å². The molecule has 2 amide bonds. The highest BCUT2D eigenvalue weighted by molar-refractivity contribution is 9.10. The zero-order valence-corrected chi connectivity index (χ0v) is 14.0. The van der Waals surface area contributed by atoms with E-state index in [1.807, 2.05) is 0 Å². The average Bonchev–Trinajstić information content (AvgIpc) is 2.77. The van der Waals surface area contributed by atoms with Crippen LogP contribution in [-0.4, -0.2) is 55.7 Å². The fourth-order valence-electron chi connectivity index (χ4n) is 1.81. The first-order chi connectivity index (χ1) is 10.2. The molecule has 0 aliphatic heterocycles. The first kappa shape index (κ1) is 18.8. The Kier molecular flexibility index (Phi) is 7.21. The lowest BCUT2D eigenvalue weighted by Crippen LogP contribution is -2.38. The summed E-state index contributed by atoms with van der Waals surface area (Å²) in [5.74, 6) is 0.634. The number of nitrogens with zero attached hydrogens (tertiary/aromatic N) is 2. The van der Waals surface area contributed by atoms with Crippen LogP contribution in [0.15, 0.2) is 21.2 Å². The van der Waals surface area contributed by atoms with Gasteiger partial charge in [-0.25, -0.2) is 4.79 Å². The van der Waals surface area contributed by atoms with Crippen molar-refractivity contribution in [3.8, 4) is 0 Å². The first-order valence-electron chi connectivity index (χ1n) is 6.66. The van der Waals surface area contributed by atoms with E-state index in [0.717, 1.165) is 0 Å². The van der Waals surface area contributed by atoms with Crippen LogP contribution in [0.25, 0.3) is 0 Å². The quantitative estimate of drug-likeness (QED) is 0.733. The van der Waals surface area contributed by atoms with Crippen LogP contribution in [0.1, 0.15) is 12.2 Å². The molecule has 0 aliphatic rings. The fraction of sp³-hybridized carbons (Fsp3) is 0.615. The molecule has 1 aromatic heterocycles. The maximum absolute atomic E-state index is 12.1. The van der Waals surface area contributed by atoms with Crippen molar-refractivity contribution in [3.63, 3.8) is 0 Å². The zero-order valence-electron chi connectivity index (χ0n) is 12.4. The lowest BCUT2D eigenvalue weighted by molar-refractivity contribution is -0.143. The third-order valence-corrected chi connectivity index (χ3v) is 3.24.